The van der Waals surface area contributed by atoms with Crippen molar-refractivity contribution in [3.63, 3.8) is 0 Å². The Kier molecular flexibility index (Phi) is 5.71. The number of rotatable bonds is 5. The van der Waals surface area contributed by atoms with E-state index in [1.165, 1.54) is 12.7 Å². The van der Waals surface area contributed by atoms with Crippen LogP contribution in [0.3, 0.4) is 0 Å². The zero-order valence-electron chi connectivity index (χ0n) is 9.40. The zero-order valence-corrected chi connectivity index (χ0v) is 11.0. The molecule has 0 radical (unpaired) electrons. The van der Waals surface area contributed by atoms with E-state index in [1.54, 1.807) is 11.8 Å². The Morgan fingerprint density at radius 1 is 1.44 bits per heavy atom. The number of carbonyl (C=O) groups excluding carboxylic acids is 1. The third-order valence-corrected chi connectivity index (χ3v) is 3.68. The van der Waals surface area contributed by atoms with Crippen LogP contribution in [-0.4, -0.2) is 18.8 Å². The van der Waals surface area contributed by atoms with Crippen LogP contribution in [0.25, 0.3) is 0 Å². The van der Waals surface area contributed by atoms with E-state index in [2.05, 4.69) is 4.74 Å². The fourth-order valence-electron chi connectivity index (χ4n) is 1.20. The first-order valence-corrected chi connectivity index (χ1v) is 6.56. The van der Waals surface area contributed by atoms with Crippen molar-refractivity contribution in [1.82, 2.24) is 0 Å². The highest BCUT2D eigenvalue weighted by Gasteiger charge is 2.12. The summed E-state index contributed by atoms with van der Waals surface area (Å²) in [6.45, 7) is 1.88. The summed E-state index contributed by atoms with van der Waals surface area (Å²) in [6.07, 6.45) is 0. The monoisotopic (exact) mass is 258 g/mol. The van der Waals surface area contributed by atoms with Gasteiger partial charge in [-0.25, -0.2) is 0 Å². The summed E-state index contributed by atoms with van der Waals surface area (Å²) >= 11 is 7.51. The van der Waals surface area contributed by atoms with Crippen LogP contribution in [0.5, 0.6) is 0 Å². The van der Waals surface area contributed by atoms with Gasteiger partial charge in [0.05, 0.1) is 13.0 Å². The molecule has 0 aliphatic heterocycles. The summed E-state index contributed by atoms with van der Waals surface area (Å²) in [4.78, 5) is 11.1. The van der Waals surface area contributed by atoms with Crippen LogP contribution in [0.15, 0.2) is 24.3 Å². The van der Waals surface area contributed by atoms with Crippen molar-refractivity contribution in [2.24, 2.45) is 5.92 Å². The van der Waals surface area contributed by atoms with Gasteiger partial charge in [0.2, 0.25) is 0 Å². The highest BCUT2D eigenvalue weighted by atomic mass is 35.5. The molecule has 16 heavy (non-hydrogen) atoms. The van der Waals surface area contributed by atoms with Gasteiger partial charge < -0.3 is 4.74 Å². The summed E-state index contributed by atoms with van der Waals surface area (Å²) in [7, 11) is 1.42. The molecule has 0 heterocycles. The number of hydrogen-bond acceptors (Lipinski definition) is 3. The maximum absolute atomic E-state index is 11.1. The molecule has 0 saturated heterocycles. The SMILES string of the molecule is COC(=O)C(C)CSCc1ccc(Cl)cc1. The van der Waals surface area contributed by atoms with Crippen molar-refractivity contribution in [2.45, 2.75) is 12.7 Å². The third kappa shape index (κ3) is 4.45. The average molecular weight is 259 g/mol. The summed E-state index contributed by atoms with van der Waals surface area (Å²) in [5, 5.41) is 0.747. The van der Waals surface area contributed by atoms with Crippen LogP contribution in [0, 0.1) is 5.92 Å². The fraction of sp³-hybridized carbons (Fsp3) is 0.417. The smallest absolute Gasteiger partial charge is 0.309 e. The molecule has 4 heteroatoms. The standard InChI is InChI=1S/C12H15ClO2S/c1-9(12(14)15-2)7-16-8-10-3-5-11(13)6-4-10/h3-6,9H,7-8H2,1-2H3. The number of ether oxygens (including phenoxy) is 1. The minimum absolute atomic E-state index is 0.0534. The number of halogens is 1. The first-order chi connectivity index (χ1) is 7.63. The molecule has 1 aromatic carbocycles. The minimum atomic E-state index is -0.149. The van der Waals surface area contributed by atoms with E-state index in [4.69, 9.17) is 11.6 Å². The van der Waals surface area contributed by atoms with E-state index < -0.39 is 0 Å². The summed E-state index contributed by atoms with van der Waals surface area (Å²) in [5.41, 5.74) is 1.21. The summed E-state index contributed by atoms with van der Waals surface area (Å²) in [6, 6.07) is 7.75. The van der Waals surface area contributed by atoms with Crippen molar-refractivity contribution in [1.29, 1.82) is 0 Å². The number of esters is 1. The van der Waals surface area contributed by atoms with Crippen LogP contribution in [0.1, 0.15) is 12.5 Å². The molecular weight excluding hydrogens is 244 g/mol. The van der Waals surface area contributed by atoms with Crippen molar-refractivity contribution in [3.05, 3.63) is 34.9 Å². The molecule has 0 amide bonds. The van der Waals surface area contributed by atoms with E-state index in [0.29, 0.717) is 0 Å². The summed E-state index contributed by atoms with van der Waals surface area (Å²) in [5.74, 6) is 1.46. The van der Waals surface area contributed by atoms with Gasteiger partial charge in [-0.2, -0.15) is 11.8 Å². The van der Waals surface area contributed by atoms with Crippen molar-refractivity contribution >= 4 is 29.3 Å². The summed E-state index contributed by atoms with van der Waals surface area (Å²) < 4.78 is 4.66. The van der Waals surface area contributed by atoms with E-state index in [-0.39, 0.29) is 11.9 Å². The Hall–Kier alpha value is -0.670. The lowest BCUT2D eigenvalue weighted by atomic mass is 10.2. The molecule has 0 aliphatic rings. The van der Waals surface area contributed by atoms with Gasteiger partial charge >= 0.3 is 5.97 Å². The molecule has 1 aromatic rings. The molecule has 0 fully saturated rings. The van der Waals surface area contributed by atoms with Crippen molar-refractivity contribution in [2.75, 3.05) is 12.9 Å². The average Bonchev–Trinajstić information content (AvgIpc) is 2.30. The molecule has 0 spiro atoms. The van der Waals surface area contributed by atoms with Crippen LogP contribution in [0.2, 0.25) is 5.02 Å². The zero-order chi connectivity index (χ0) is 12.0. The fourth-order valence-corrected chi connectivity index (χ4v) is 2.37. The number of benzene rings is 1. The molecule has 1 rings (SSSR count). The van der Waals surface area contributed by atoms with Gasteiger partial charge in [-0.15, -0.1) is 0 Å². The molecule has 0 bridgehead atoms. The molecule has 1 atom stereocenters. The highest BCUT2D eigenvalue weighted by molar-refractivity contribution is 7.98. The van der Waals surface area contributed by atoms with E-state index >= 15 is 0 Å². The van der Waals surface area contributed by atoms with Gasteiger partial charge in [-0.05, 0) is 17.7 Å². The number of methoxy groups -OCH3 is 1. The van der Waals surface area contributed by atoms with Crippen molar-refractivity contribution in [3.8, 4) is 0 Å². The maximum Gasteiger partial charge on any atom is 0.309 e. The molecule has 2 nitrogen and oxygen atoms in total. The quantitative estimate of drug-likeness (QED) is 0.758. The first kappa shape index (κ1) is 13.4. The normalized spacial score (nSPS) is 12.2. The van der Waals surface area contributed by atoms with Gasteiger partial charge in [0.15, 0.2) is 0 Å². The van der Waals surface area contributed by atoms with Crippen molar-refractivity contribution < 1.29 is 9.53 Å². The van der Waals surface area contributed by atoms with E-state index in [0.717, 1.165) is 16.5 Å². The lowest BCUT2D eigenvalue weighted by Gasteiger charge is -2.08. The van der Waals surface area contributed by atoms with Gasteiger partial charge in [0, 0.05) is 16.5 Å². The second-order valence-corrected chi connectivity index (χ2v) is 5.03. The van der Waals surface area contributed by atoms with Crippen LogP contribution in [-0.2, 0) is 15.3 Å². The molecule has 0 aliphatic carbocycles. The predicted octanol–water partition coefficient (Wildman–Crippen LogP) is 3.38. The topological polar surface area (TPSA) is 26.3 Å². The van der Waals surface area contributed by atoms with Gasteiger partial charge in [-0.1, -0.05) is 30.7 Å². The number of carbonyl (C=O) groups is 1. The highest BCUT2D eigenvalue weighted by Crippen LogP contribution is 2.18. The van der Waals surface area contributed by atoms with E-state index in [9.17, 15) is 4.79 Å². The van der Waals surface area contributed by atoms with Crippen LogP contribution in [0.4, 0.5) is 0 Å². The Labute approximate surface area is 105 Å². The Morgan fingerprint density at radius 3 is 2.62 bits per heavy atom. The third-order valence-electron chi connectivity index (χ3n) is 2.15. The first-order valence-electron chi connectivity index (χ1n) is 5.03. The largest absolute Gasteiger partial charge is 0.469 e. The molecule has 88 valence electrons. The number of thioether (sulfide) groups is 1. The van der Waals surface area contributed by atoms with E-state index in [1.807, 2.05) is 31.2 Å². The second-order valence-electron chi connectivity index (χ2n) is 3.57. The molecule has 1 unspecified atom stereocenters. The van der Waals surface area contributed by atoms with Gasteiger partial charge in [-0.3, -0.25) is 4.79 Å². The van der Waals surface area contributed by atoms with Crippen LogP contribution >= 0.6 is 23.4 Å². The lowest BCUT2D eigenvalue weighted by molar-refractivity contribution is -0.143. The molecule has 0 N–H and O–H groups in total. The lowest BCUT2D eigenvalue weighted by Crippen LogP contribution is -2.14. The molecule has 0 saturated carbocycles. The van der Waals surface area contributed by atoms with Gasteiger partial charge in [0.25, 0.3) is 0 Å². The second kappa shape index (κ2) is 6.81. The maximum atomic E-state index is 11.1. The Morgan fingerprint density at radius 2 is 2.06 bits per heavy atom. The molecule has 0 aromatic heterocycles. The predicted molar refractivity (Wildman–Crippen MR) is 68.8 cm³/mol. The molecular formula is C12H15ClO2S. The number of hydrogen-bond donors (Lipinski definition) is 0. The van der Waals surface area contributed by atoms with Gasteiger partial charge in [0.1, 0.15) is 0 Å². The minimum Gasteiger partial charge on any atom is -0.469 e. The Bertz CT molecular complexity index is 337. The van der Waals surface area contributed by atoms with Crippen LogP contribution < -0.4 is 0 Å². The Balaban J connectivity index is 2.30.